The van der Waals surface area contributed by atoms with E-state index in [4.69, 9.17) is 0 Å². The smallest absolute Gasteiger partial charge is 0.121 e. The fraction of sp³-hybridized carbons (Fsp3) is 0.429. The molecule has 1 aromatic carbocycles. The van der Waals surface area contributed by atoms with Gasteiger partial charge in [0, 0.05) is 12.6 Å². The number of phenols is 1. The molecule has 0 saturated carbocycles. The Morgan fingerprint density at radius 1 is 1.19 bits per heavy atom. The van der Waals surface area contributed by atoms with Gasteiger partial charge in [-0.15, -0.1) is 0 Å². The third-order valence-corrected chi connectivity index (χ3v) is 3.15. The number of rotatable bonds is 3. The monoisotopic (exact) mass is 217 g/mol. The lowest BCUT2D eigenvalue weighted by molar-refractivity contribution is 0.466. The standard InChI is InChI=1S/C14H19NO/c1-10-7-12(8-11(2)14(10)16)9-15-13-5-3-4-6-13/h3-4,7-8,13,15-16H,5-6,9H2,1-2H3. The Morgan fingerprint density at radius 3 is 2.31 bits per heavy atom. The van der Waals surface area contributed by atoms with Crippen LogP contribution in [0.3, 0.4) is 0 Å². The first-order chi connectivity index (χ1) is 7.66. The molecule has 0 unspecified atom stereocenters. The number of aromatic hydroxyl groups is 1. The van der Waals surface area contributed by atoms with E-state index < -0.39 is 0 Å². The summed E-state index contributed by atoms with van der Waals surface area (Å²) in [5.74, 6) is 0.422. The topological polar surface area (TPSA) is 32.3 Å². The Bertz CT molecular complexity index is 378. The molecule has 2 rings (SSSR count). The first kappa shape index (κ1) is 11.2. The fourth-order valence-electron chi connectivity index (χ4n) is 2.19. The molecule has 0 aromatic heterocycles. The second-order valence-electron chi connectivity index (χ2n) is 4.60. The Hall–Kier alpha value is -1.28. The van der Waals surface area contributed by atoms with E-state index in [2.05, 4.69) is 29.6 Å². The number of phenolic OH excluding ortho intramolecular Hbond substituents is 1. The zero-order valence-corrected chi connectivity index (χ0v) is 9.96. The van der Waals surface area contributed by atoms with Crippen molar-refractivity contribution in [2.45, 2.75) is 39.3 Å². The van der Waals surface area contributed by atoms with E-state index in [-0.39, 0.29) is 0 Å². The van der Waals surface area contributed by atoms with Gasteiger partial charge in [-0.2, -0.15) is 0 Å². The second-order valence-corrected chi connectivity index (χ2v) is 4.60. The quantitative estimate of drug-likeness (QED) is 0.763. The molecule has 0 aliphatic heterocycles. The first-order valence-corrected chi connectivity index (χ1v) is 5.84. The maximum atomic E-state index is 9.68. The molecule has 0 heterocycles. The van der Waals surface area contributed by atoms with Crippen LogP contribution in [0.1, 0.15) is 29.5 Å². The van der Waals surface area contributed by atoms with Crippen molar-refractivity contribution in [3.8, 4) is 5.75 Å². The molecule has 0 saturated heterocycles. The van der Waals surface area contributed by atoms with Crippen molar-refractivity contribution < 1.29 is 5.11 Å². The molecule has 0 fully saturated rings. The van der Waals surface area contributed by atoms with Crippen molar-refractivity contribution in [1.82, 2.24) is 5.32 Å². The Labute approximate surface area is 97.0 Å². The molecule has 0 bridgehead atoms. The van der Waals surface area contributed by atoms with Gasteiger partial charge in [0.15, 0.2) is 0 Å². The van der Waals surface area contributed by atoms with Crippen LogP contribution in [0.5, 0.6) is 5.75 Å². The van der Waals surface area contributed by atoms with Crippen LogP contribution in [-0.4, -0.2) is 11.1 Å². The van der Waals surface area contributed by atoms with E-state index in [1.54, 1.807) is 0 Å². The highest BCUT2D eigenvalue weighted by molar-refractivity contribution is 5.42. The molecule has 0 amide bonds. The third kappa shape index (κ3) is 2.45. The Kier molecular flexibility index (Phi) is 3.30. The van der Waals surface area contributed by atoms with Crippen LogP contribution in [0, 0.1) is 13.8 Å². The molecule has 0 spiro atoms. The van der Waals surface area contributed by atoms with Gasteiger partial charge in [0.05, 0.1) is 0 Å². The van der Waals surface area contributed by atoms with Crippen molar-refractivity contribution in [2.24, 2.45) is 0 Å². The van der Waals surface area contributed by atoms with Crippen molar-refractivity contribution in [3.05, 3.63) is 41.0 Å². The molecule has 0 radical (unpaired) electrons. The predicted octanol–water partition coefficient (Wildman–Crippen LogP) is 2.82. The zero-order chi connectivity index (χ0) is 11.5. The maximum Gasteiger partial charge on any atom is 0.121 e. The summed E-state index contributed by atoms with van der Waals surface area (Å²) < 4.78 is 0. The molecule has 2 nitrogen and oxygen atoms in total. The van der Waals surface area contributed by atoms with Gasteiger partial charge in [-0.1, -0.05) is 24.3 Å². The number of hydrogen-bond donors (Lipinski definition) is 2. The van der Waals surface area contributed by atoms with Crippen LogP contribution in [0.2, 0.25) is 0 Å². The van der Waals surface area contributed by atoms with E-state index in [0.29, 0.717) is 11.8 Å². The highest BCUT2D eigenvalue weighted by Crippen LogP contribution is 2.23. The van der Waals surface area contributed by atoms with Crippen molar-refractivity contribution >= 4 is 0 Å². The van der Waals surface area contributed by atoms with Crippen molar-refractivity contribution in [2.75, 3.05) is 0 Å². The highest BCUT2D eigenvalue weighted by atomic mass is 16.3. The first-order valence-electron chi connectivity index (χ1n) is 5.84. The van der Waals surface area contributed by atoms with Crippen LogP contribution < -0.4 is 5.32 Å². The molecule has 1 aromatic rings. The van der Waals surface area contributed by atoms with Gasteiger partial charge in [-0.3, -0.25) is 0 Å². The van der Waals surface area contributed by atoms with E-state index >= 15 is 0 Å². The minimum absolute atomic E-state index is 0.422. The van der Waals surface area contributed by atoms with Crippen LogP contribution in [0.15, 0.2) is 24.3 Å². The van der Waals surface area contributed by atoms with Gasteiger partial charge in [-0.05, 0) is 43.4 Å². The molecule has 2 N–H and O–H groups in total. The minimum atomic E-state index is 0.422. The van der Waals surface area contributed by atoms with Crippen LogP contribution in [-0.2, 0) is 6.54 Å². The van der Waals surface area contributed by atoms with Crippen molar-refractivity contribution in [1.29, 1.82) is 0 Å². The summed E-state index contributed by atoms with van der Waals surface area (Å²) in [5.41, 5.74) is 3.17. The van der Waals surface area contributed by atoms with Crippen LogP contribution >= 0.6 is 0 Å². The second kappa shape index (κ2) is 4.71. The van der Waals surface area contributed by atoms with E-state index in [1.165, 1.54) is 5.56 Å². The van der Waals surface area contributed by atoms with Gasteiger partial charge in [0.25, 0.3) is 0 Å². The van der Waals surface area contributed by atoms with E-state index in [0.717, 1.165) is 30.5 Å². The highest BCUT2D eigenvalue weighted by Gasteiger charge is 2.09. The average molecular weight is 217 g/mol. The molecular formula is C14H19NO. The van der Waals surface area contributed by atoms with Crippen LogP contribution in [0.4, 0.5) is 0 Å². The molecule has 0 atom stereocenters. The maximum absolute atomic E-state index is 9.68. The largest absolute Gasteiger partial charge is 0.507 e. The fourth-order valence-corrected chi connectivity index (χ4v) is 2.19. The summed E-state index contributed by atoms with van der Waals surface area (Å²) in [7, 11) is 0. The summed E-state index contributed by atoms with van der Waals surface area (Å²) in [4.78, 5) is 0. The molecule has 2 heteroatoms. The molecule has 86 valence electrons. The van der Waals surface area contributed by atoms with Gasteiger partial charge >= 0.3 is 0 Å². The number of hydrogen-bond acceptors (Lipinski definition) is 2. The summed E-state index contributed by atoms with van der Waals surface area (Å²) >= 11 is 0. The summed E-state index contributed by atoms with van der Waals surface area (Å²) in [6, 6.07) is 4.70. The Balaban J connectivity index is 1.99. The van der Waals surface area contributed by atoms with Crippen LogP contribution in [0.25, 0.3) is 0 Å². The third-order valence-electron chi connectivity index (χ3n) is 3.15. The normalized spacial score (nSPS) is 15.9. The minimum Gasteiger partial charge on any atom is -0.507 e. The molecule has 16 heavy (non-hydrogen) atoms. The zero-order valence-electron chi connectivity index (χ0n) is 9.96. The summed E-state index contributed by atoms with van der Waals surface area (Å²) in [6.45, 7) is 4.78. The number of benzene rings is 1. The Morgan fingerprint density at radius 2 is 1.75 bits per heavy atom. The van der Waals surface area contributed by atoms with Crippen molar-refractivity contribution in [3.63, 3.8) is 0 Å². The predicted molar refractivity (Wildman–Crippen MR) is 66.6 cm³/mol. The van der Waals surface area contributed by atoms with Gasteiger partial charge in [0.2, 0.25) is 0 Å². The number of aryl methyl sites for hydroxylation is 2. The summed E-state index contributed by atoms with van der Waals surface area (Å²) in [5, 5.41) is 13.2. The number of nitrogens with one attached hydrogen (secondary N) is 1. The van der Waals surface area contributed by atoms with Gasteiger partial charge < -0.3 is 10.4 Å². The summed E-state index contributed by atoms with van der Waals surface area (Å²) in [6.07, 6.45) is 6.72. The molecule has 1 aliphatic rings. The van der Waals surface area contributed by atoms with Gasteiger partial charge in [-0.25, -0.2) is 0 Å². The lowest BCUT2D eigenvalue weighted by atomic mass is 10.1. The van der Waals surface area contributed by atoms with E-state index in [1.807, 2.05) is 13.8 Å². The SMILES string of the molecule is Cc1cc(CNC2CC=CC2)cc(C)c1O. The van der Waals surface area contributed by atoms with Gasteiger partial charge in [0.1, 0.15) is 5.75 Å². The van der Waals surface area contributed by atoms with E-state index in [9.17, 15) is 5.11 Å². The lowest BCUT2D eigenvalue weighted by Crippen LogP contribution is -2.25. The average Bonchev–Trinajstić information content (AvgIpc) is 2.75. The molecule has 1 aliphatic carbocycles. The molecular weight excluding hydrogens is 198 g/mol. The lowest BCUT2D eigenvalue weighted by Gasteiger charge is -2.13.